The van der Waals surface area contributed by atoms with Crippen LogP contribution in [0.3, 0.4) is 0 Å². The Kier molecular flexibility index (Phi) is 3.23. The zero-order valence-electron chi connectivity index (χ0n) is 10.4. The molecule has 6 heteroatoms. The van der Waals surface area contributed by atoms with Crippen LogP contribution in [-0.2, 0) is 13.5 Å². The summed E-state index contributed by atoms with van der Waals surface area (Å²) in [6.45, 7) is 4.15. The standard InChI is InChI=1S/C11H18N6/c1-8(2)17-11(13-7-15-17)6-9(12)10-4-5-14-16(10)3/h4-5,7-9H,6,12H2,1-3H3. The first-order chi connectivity index (χ1) is 8.09. The van der Waals surface area contributed by atoms with Gasteiger partial charge in [-0.15, -0.1) is 0 Å². The lowest BCUT2D eigenvalue weighted by molar-refractivity contribution is 0.487. The van der Waals surface area contributed by atoms with Crippen LogP contribution in [-0.4, -0.2) is 24.5 Å². The summed E-state index contributed by atoms with van der Waals surface area (Å²) in [5, 5.41) is 8.32. The second-order valence-electron chi connectivity index (χ2n) is 4.40. The average Bonchev–Trinajstić information content (AvgIpc) is 2.86. The van der Waals surface area contributed by atoms with Crippen LogP contribution < -0.4 is 5.73 Å². The van der Waals surface area contributed by atoms with E-state index >= 15 is 0 Å². The van der Waals surface area contributed by atoms with Crippen LogP contribution in [0, 0.1) is 0 Å². The number of rotatable bonds is 4. The van der Waals surface area contributed by atoms with E-state index in [1.54, 1.807) is 17.2 Å². The van der Waals surface area contributed by atoms with Gasteiger partial charge >= 0.3 is 0 Å². The first-order valence-corrected chi connectivity index (χ1v) is 5.71. The Labute approximate surface area is 100 Å². The summed E-state index contributed by atoms with van der Waals surface area (Å²) in [5.74, 6) is 0.911. The Morgan fingerprint density at radius 2 is 2.12 bits per heavy atom. The third-order valence-electron chi connectivity index (χ3n) is 2.78. The van der Waals surface area contributed by atoms with Crippen molar-refractivity contribution in [3.8, 4) is 0 Å². The largest absolute Gasteiger partial charge is 0.322 e. The SMILES string of the molecule is CC(C)n1ncnc1CC(N)c1ccnn1C. The number of aryl methyl sites for hydroxylation is 1. The van der Waals surface area contributed by atoms with Crippen molar-refractivity contribution in [3.63, 3.8) is 0 Å². The summed E-state index contributed by atoms with van der Waals surface area (Å²) in [7, 11) is 1.89. The van der Waals surface area contributed by atoms with Crippen LogP contribution in [0.1, 0.15) is 37.4 Å². The summed E-state index contributed by atoms with van der Waals surface area (Å²) >= 11 is 0. The number of hydrogen-bond acceptors (Lipinski definition) is 4. The number of hydrogen-bond donors (Lipinski definition) is 1. The van der Waals surface area contributed by atoms with Crippen LogP contribution in [0.25, 0.3) is 0 Å². The normalized spacial score (nSPS) is 13.2. The monoisotopic (exact) mass is 234 g/mol. The Bertz CT molecular complexity index is 484. The third-order valence-corrected chi connectivity index (χ3v) is 2.78. The van der Waals surface area contributed by atoms with E-state index in [-0.39, 0.29) is 6.04 Å². The Balaban J connectivity index is 2.16. The molecule has 2 aromatic heterocycles. The van der Waals surface area contributed by atoms with Crippen molar-refractivity contribution in [2.45, 2.75) is 32.4 Å². The minimum Gasteiger partial charge on any atom is -0.322 e. The van der Waals surface area contributed by atoms with Gasteiger partial charge in [-0.1, -0.05) is 0 Å². The maximum atomic E-state index is 6.16. The minimum absolute atomic E-state index is 0.107. The van der Waals surface area contributed by atoms with Gasteiger partial charge in [-0.3, -0.25) is 4.68 Å². The molecule has 2 aromatic rings. The van der Waals surface area contributed by atoms with Gasteiger partial charge in [0.05, 0.1) is 11.7 Å². The molecule has 92 valence electrons. The molecule has 0 amide bonds. The van der Waals surface area contributed by atoms with Gasteiger partial charge in [0.1, 0.15) is 12.2 Å². The van der Waals surface area contributed by atoms with E-state index in [4.69, 9.17) is 5.73 Å². The highest BCUT2D eigenvalue weighted by molar-refractivity contribution is 5.08. The number of nitrogens with two attached hydrogens (primary N) is 1. The predicted molar refractivity (Wildman–Crippen MR) is 64.2 cm³/mol. The molecule has 0 aliphatic rings. The quantitative estimate of drug-likeness (QED) is 0.850. The maximum Gasteiger partial charge on any atom is 0.138 e. The van der Waals surface area contributed by atoms with Gasteiger partial charge in [0.2, 0.25) is 0 Å². The lowest BCUT2D eigenvalue weighted by Gasteiger charge is -2.14. The third kappa shape index (κ3) is 2.36. The Morgan fingerprint density at radius 3 is 2.71 bits per heavy atom. The minimum atomic E-state index is -0.107. The lowest BCUT2D eigenvalue weighted by Crippen LogP contribution is -2.20. The molecule has 0 aromatic carbocycles. The summed E-state index contributed by atoms with van der Waals surface area (Å²) < 4.78 is 3.69. The molecule has 0 aliphatic carbocycles. The molecule has 1 atom stereocenters. The van der Waals surface area contributed by atoms with Crippen LogP contribution in [0.5, 0.6) is 0 Å². The van der Waals surface area contributed by atoms with Gasteiger partial charge in [0.25, 0.3) is 0 Å². The van der Waals surface area contributed by atoms with E-state index in [1.807, 2.05) is 17.8 Å². The second kappa shape index (κ2) is 4.67. The molecule has 0 fully saturated rings. The van der Waals surface area contributed by atoms with Crippen molar-refractivity contribution < 1.29 is 0 Å². The van der Waals surface area contributed by atoms with Crippen LogP contribution >= 0.6 is 0 Å². The molecule has 2 N–H and O–H groups in total. The molecule has 1 unspecified atom stereocenters. The average molecular weight is 234 g/mol. The Morgan fingerprint density at radius 1 is 1.35 bits per heavy atom. The fraction of sp³-hybridized carbons (Fsp3) is 0.545. The van der Waals surface area contributed by atoms with Crippen molar-refractivity contribution >= 4 is 0 Å². The first-order valence-electron chi connectivity index (χ1n) is 5.71. The molecule has 0 radical (unpaired) electrons. The van der Waals surface area contributed by atoms with Crippen molar-refractivity contribution in [3.05, 3.63) is 30.1 Å². The molecule has 0 aliphatic heterocycles. The van der Waals surface area contributed by atoms with Crippen molar-refractivity contribution in [1.29, 1.82) is 0 Å². The summed E-state index contributed by atoms with van der Waals surface area (Å²) in [6.07, 6.45) is 3.99. The summed E-state index contributed by atoms with van der Waals surface area (Å²) in [5.41, 5.74) is 7.16. The molecule has 2 rings (SSSR count). The second-order valence-corrected chi connectivity index (χ2v) is 4.40. The van der Waals surface area contributed by atoms with Crippen LogP contribution in [0.2, 0.25) is 0 Å². The van der Waals surface area contributed by atoms with Gasteiger partial charge in [0.15, 0.2) is 0 Å². The van der Waals surface area contributed by atoms with E-state index in [0.29, 0.717) is 12.5 Å². The zero-order chi connectivity index (χ0) is 12.4. The summed E-state index contributed by atoms with van der Waals surface area (Å²) in [4.78, 5) is 4.26. The first kappa shape index (κ1) is 11.8. The fourth-order valence-corrected chi connectivity index (χ4v) is 1.90. The zero-order valence-corrected chi connectivity index (χ0v) is 10.4. The smallest absolute Gasteiger partial charge is 0.138 e. The van der Waals surface area contributed by atoms with E-state index in [1.165, 1.54) is 0 Å². The predicted octanol–water partition coefficient (Wildman–Crippen LogP) is 0.835. The summed E-state index contributed by atoms with van der Waals surface area (Å²) in [6, 6.07) is 2.12. The van der Waals surface area contributed by atoms with Crippen LogP contribution in [0.4, 0.5) is 0 Å². The van der Waals surface area contributed by atoms with Crippen molar-refractivity contribution in [2.24, 2.45) is 12.8 Å². The fourth-order valence-electron chi connectivity index (χ4n) is 1.90. The van der Waals surface area contributed by atoms with Gasteiger partial charge in [0, 0.05) is 25.7 Å². The van der Waals surface area contributed by atoms with E-state index in [2.05, 4.69) is 29.0 Å². The highest BCUT2D eigenvalue weighted by Gasteiger charge is 2.15. The molecule has 0 saturated heterocycles. The molecule has 2 heterocycles. The van der Waals surface area contributed by atoms with E-state index in [9.17, 15) is 0 Å². The van der Waals surface area contributed by atoms with Gasteiger partial charge < -0.3 is 5.73 Å². The molecule has 0 saturated carbocycles. The lowest BCUT2D eigenvalue weighted by atomic mass is 10.1. The van der Waals surface area contributed by atoms with Gasteiger partial charge in [-0.25, -0.2) is 9.67 Å². The topological polar surface area (TPSA) is 74.6 Å². The van der Waals surface area contributed by atoms with E-state index in [0.717, 1.165) is 11.5 Å². The highest BCUT2D eigenvalue weighted by atomic mass is 15.3. The Hall–Kier alpha value is -1.69. The molecular weight excluding hydrogens is 216 g/mol. The van der Waals surface area contributed by atoms with Gasteiger partial charge in [-0.05, 0) is 19.9 Å². The molecule has 0 spiro atoms. The van der Waals surface area contributed by atoms with Crippen molar-refractivity contribution in [1.82, 2.24) is 24.5 Å². The molecule has 6 nitrogen and oxygen atoms in total. The highest BCUT2D eigenvalue weighted by Crippen LogP contribution is 2.15. The van der Waals surface area contributed by atoms with Crippen molar-refractivity contribution in [2.75, 3.05) is 0 Å². The number of aromatic nitrogens is 5. The number of nitrogens with zero attached hydrogens (tertiary/aromatic N) is 5. The van der Waals surface area contributed by atoms with Gasteiger partial charge in [-0.2, -0.15) is 10.2 Å². The molecular formula is C11H18N6. The molecule has 0 bridgehead atoms. The maximum absolute atomic E-state index is 6.16. The van der Waals surface area contributed by atoms with E-state index < -0.39 is 0 Å². The molecule has 17 heavy (non-hydrogen) atoms. The van der Waals surface area contributed by atoms with Crippen LogP contribution in [0.15, 0.2) is 18.6 Å².